The Morgan fingerprint density at radius 2 is 1.96 bits per heavy atom. The molecular formula is C17H28N2O4. The average Bonchev–Trinajstić information content (AvgIpc) is 3.02. The van der Waals surface area contributed by atoms with Gasteiger partial charge in [-0.2, -0.15) is 0 Å². The number of rotatable bonds is 5. The predicted octanol–water partition coefficient (Wildman–Crippen LogP) is 1.64. The van der Waals surface area contributed by atoms with Gasteiger partial charge in [0, 0.05) is 25.0 Å². The summed E-state index contributed by atoms with van der Waals surface area (Å²) < 4.78 is 0. The molecule has 2 unspecified atom stereocenters. The summed E-state index contributed by atoms with van der Waals surface area (Å²) in [6, 6.07) is -0.0377. The molecule has 0 aromatic carbocycles. The Kier molecular flexibility index (Phi) is 6.02. The summed E-state index contributed by atoms with van der Waals surface area (Å²) in [7, 11) is 0. The zero-order chi connectivity index (χ0) is 17.0. The number of likely N-dealkylation sites (tertiary alicyclic amines) is 1. The van der Waals surface area contributed by atoms with Crippen LogP contribution < -0.4 is 5.32 Å². The first-order valence-corrected chi connectivity index (χ1v) is 8.74. The van der Waals surface area contributed by atoms with Crippen molar-refractivity contribution in [1.29, 1.82) is 0 Å². The average molecular weight is 324 g/mol. The number of amides is 2. The van der Waals surface area contributed by atoms with Gasteiger partial charge in [0.15, 0.2) is 0 Å². The highest BCUT2D eigenvalue weighted by atomic mass is 16.4. The number of aliphatic carboxylic acids is 1. The largest absolute Gasteiger partial charge is 0.481 e. The van der Waals surface area contributed by atoms with Crippen molar-refractivity contribution in [2.75, 3.05) is 13.1 Å². The SMILES string of the molecule is CCC(C)C(=O)N1CCCC(C(=O)N[C@@H]2CC[C@H](C(=O)O)C2)C1. The van der Waals surface area contributed by atoms with Gasteiger partial charge in [-0.3, -0.25) is 14.4 Å². The van der Waals surface area contributed by atoms with Gasteiger partial charge in [0.1, 0.15) is 0 Å². The topological polar surface area (TPSA) is 86.7 Å². The molecule has 1 aliphatic carbocycles. The third-order valence-electron chi connectivity index (χ3n) is 5.27. The van der Waals surface area contributed by atoms with Crippen molar-refractivity contribution < 1.29 is 19.5 Å². The van der Waals surface area contributed by atoms with Crippen LogP contribution in [-0.2, 0) is 14.4 Å². The molecule has 23 heavy (non-hydrogen) atoms. The maximum Gasteiger partial charge on any atom is 0.306 e. The summed E-state index contributed by atoms with van der Waals surface area (Å²) in [5, 5.41) is 12.0. The van der Waals surface area contributed by atoms with Crippen LogP contribution in [0, 0.1) is 17.8 Å². The van der Waals surface area contributed by atoms with Crippen LogP contribution in [0.1, 0.15) is 52.4 Å². The molecule has 2 amide bonds. The van der Waals surface area contributed by atoms with E-state index in [9.17, 15) is 14.4 Å². The number of carboxylic acids is 1. The van der Waals surface area contributed by atoms with Crippen molar-refractivity contribution in [3.63, 3.8) is 0 Å². The Morgan fingerprint density at radius 1 is 1.22 bits per heavy atom. The molecule has 2 N–H and O–H groups in total. The summed E-state index contributed by atoms with van der Waals surface area (Å²) in [4.78, 5) is 37.5. The van der Waals surface area contributed by atoms with E-state index < -0.39 is 5.97 Å². The number of hydrogen-bond donors (Lipinski definition) is 2. The lowest BCUT2D eigenvalue weighted by atomic mass is 9.95. The summed E-state index contributed by atoms with van der Waals surface area (Å²) in [5.74, 6) is -1.16. The van der Waals surface area contributed by atoms with Crippen LogP contribution in [0.25, 0.3) is 0 Å². The number of nitrogens with zero attached hydrogens (tertiary/aromatic N) is 1. The minimum atomic E-state index is -0.773. The molecule has 6 nitrogen and oxygen atoms in total. The summed E-state index contributed by atoms with van der Waals surface area (Å²) >= 11 is 0. The van der Waals surface area contributed by atoms with E-state index >= 15 is 0 Å². The fraction of sp³-hybridized carbons (Fsp3) is 0.824. The molecule has 0 aromatic rings. The molecular weight excluding hydrogens is 296 g/mol. The van der Waals surface area contributed by atoms with E-state index in [1.807, 2.05) is 18.7 Å². The second-order valence-electron chi connectivity index (χ2n) is 6.99. The minimum absolute atomic E-state index is 0.00275. The van der Waals surface area contributed by atoms with Gasteiger partial charge >= 0.3 is 5.97 Å². The summed E-state index contributed by atoms with van der Waals surface area (Å²) in [6.07, 6.45) is 4.33. The molecule has 0 aromatic heterocycles. The van der Waals surface area contributed by atoms with Crippen LogP contribution in [0.2, 0.25) is 0 Å². The van der Waals surface area contributed by atoms with E-state index in [0.717, 1.165) is 32.2 Å². The van der Waals surface area contributed by atoms with Gasteiger partial charge in [-0.1, -0.05) is 13.8 Å². The number of nitrogens with one attached hydrogen (secondary N) is 1. The standard InChI is InChI=1S/C17H28N2O4/c1-3-11(2)16(21)19-8-4-5-13(10-19)15(20)18-14-7-6-12(9-14)17(22)23/h11-14H,3-10H2,1-2H3,(H,18,20)(H,22,23)/t11?,12-,13?,14+/m0/s1. The number of carbonyl (C=O) groups is 3. The quantitative estimate of drug-likeness (QED) is 0.805. The smallest absolute Gasteiger partial charge is 0.306 e. The van der Waals surface area contributed by atoms with E-state index in [1.165, 1.54) is 0 Å². The van der Waals surface area contributed by atoms with E-state index in [2.05, 4.69) is 5.32 Å². The predicted molar refractivity (Wildman–Crippen MR) is 85.7 cm³/mol. The highest BCUT2D eigenvalue weighted by Crippen LogP contribution is 2.27. The first-order valence-electron chi connectivity index (χ1n) is 8.74. The molecule has 6 heteroatoms. The van der Waals surface area contributed by atoms with Crippen molar-refractivity contribution in [2.24, 2.45) is 17.8 Å². The van der Waals surface area contributed by atoms with Crippen LogP contribution in [0.5, 0.6) is 0 Å². The molecule has 1 aliphatic heterocycles. The van der Waals surface area contributed by atoms with Crippen LogP contribution in [0.15, 0.2) is 0 Å². The fourth-order valence-corrected chi connectivity index (χ4v) is 3.53. The summed E-state index contributed by atoms with van der Waals surface area (Å²) in [6.45, 7) is 5.15. The Morgan fingerprint density at radius 3 is 2.57 bits per heavy atom. The first kappa shape index (κ1) is 17.8. The maximum atomic E-state index is 12.4. The molecule has 1 heterocycles. The maximum absolute atomic E-state index is 12.4. The minimum Gasteiger partial charge on any atom is -0.481 e. The molecule has 4 atom stereocenters. The fourth-order valence-electron chi connectivity index (χ4n) is 3.53. The van der Waals surface area contributed by atoms with Crippen LogP contribution >= 0.6 is 0 Å². The first-order chi connectivity index (χ1) is 10.9. The van der Waals surface area contributed by atoms with E-state index in [-0.39, 0.29) is 35.6 Å². The molecule has 0 bridgehead atoms. The third-order valence-corrected chi connectivity index (χ3v) is 5.27. The van der Waals surface area contributed by atoms with Gasteiger partial charge in [0.2, 0.25) is 11.8 Å². The number of carbonyl (C=O) groups excluding carboxylic acids is 2. The van der Waals surface area contributed by atoms with E-state index in [1.54, 1.807) is 0 Å². The number of piperidine rings is 1. The molecule has 2 rings (SSSR count). The van der Waals surface area contributed by atoms with Crippen LogP contribution in [0.3, 0.4) is 0 Å². The Balaban J connectivity index is 1.85. The number of carboxylic acid groups (broad SMARTS) is 1. The van der Waals surface area contributed by atoms with Crippen LogP contribution in [0.4, 0.5) is 0 Å². The molecule has 0 radical (unpaired) electrons. The van der Waals surface area contributed by atoms with E-state index in [0.29, 0.717) is 19.4 Å². The zero-order valence-corrected chi connectivity index (χ0v) is 14.1. The lowest BCUT2D eigenvalue weighted by Gasteiger charge is -2.34. The van der Waals surface area contributed by atoms with Crippen molar-refractivity contribution in [1.82, 2.24) is 10.2 Å². The van der Waals surface area contributed by atoms with E-state index in [4.69, 9.17) is 5.11 Å². The second kappa shape index (κ2) is 7.79. The Hall–Kier alpha value is -1.59. The summed E-state index contributed by atoms with van der Waals surface area (Å²) in [5.41, 5.74) is 0. The number of hydrogen-bond acceptors (Lipinski definition) is 3. The third kappa shape index (κ3) is 4.45. The van der Waals surface area contributed by atoms with Gasteiger partial charge in [-0.15, -0.1) is 0 Å². The monoisotopic (exact) mass is 324 g/mol. The highest BCUT2D eigenvalue weighted by Gasteiger charge is 2.34. The molecule has 0 spiro atoms. The Labute approximate surface area is 137 Å². The van der Waals surface area contributed by atoms with Crippen molar-refractivity contribution in [3.05, 3.63) is 0 Å². The lowest BCUT2D eigenvalue weighted by molar-refractivity contribution is -0.142. The van der Waals surface area contributed by atoms with Gasteiger partial charge < -0.3 is 15.3 Å². The van der Waals surface area contributed by atoms with Gasteiger partial charge in [-0.05, 0) is 38.5 Å². The Bertz CT molecular complexity index is 466. The van der Waals surface area contributed by atoms with Crippen molar-refractivity contribution >= 4 is 17.8 Å². The lowest BCUT2D eigenvalue weighted by Crippen LogP contribution is -2.48. The molecule has 2 aliphatic rings. The normalized spacial score (nSPS) is 29.1. The van der Waals surface area contributed by atoms with Crippen molar-refractivity contribution in [2.45, 2.75) is 58.4 Å². The zero-order valence-electron chi connectivity index (χ0n) is 14.1. The molecule has 2 fully saturated rings. The van der Waals surface area contributed by atoms with Gasteiger partial charge in [0.05, 0.1) is 11.8 Å². The van der Waals surface area contributed by atoms with Crippen LogP contribution in [-0.4, -0.2) is 46.9 Å². The van der Waals surface area contributed by atoms with Gasteiger partial charge in [0.25, 0.3) is 0 Å². The second-order valence-corrected chi connectivity index (χ2v) is 6.99. The molecule has 1 saturated heterocycles. The molecule has 130 valence electrons. The van der Waals surface area contributed by atoms with Crippen molar-refractivity contribution in [3.8, 4) is 0 Å². The highest BCUT2D eigenvalue weighted by molar-refractivity contribution is 5.82. The molecule has 1 saturated carbocycles. The van der Waals surface area contributed by atoms with Gasteiger partial charge in [-0.25, -0.2) is 0 Å².